The summed E-state index contributed by atoms with van der Waals surface area (Å²) in [6.45, 7) is 3.40. The van der Waals surface area contributed by atoms with Gasteiger partial charge in [0.15, 0.2) is 0 Å². The molecule has 0 radical (unpaired) electrons. The molecule has 1 heterocycles. The minimum Gasteiger partial charge on any atom is -0.466 e. The van der Waals surface area contributed by atoms with Crippen LogP contribution in [0.1, 0.15) is 36.5 Å². The number of hydrogen-bond acceptors (Lipinski definition) is 4. The maximum Gasteiger partial charge on any atom is 0.310 e. The van der Waals surface area contributed by atoms with Gasteiger partial charge in [-0.25, -0.2) is 0 Å². The first-order valence-corrected chi connectivity index (χ1v) is 8.87. The Morgan fingerprint density at radius 2 is 2.00 bits per heavy atom. The van der Waals surface area contributed by atoms with E-state index >= 15 is 0 Å². The van der Waals surface area contributed by atoms with Crippen LogP contribution in [0.5, 0.6) is 0 Å². The first-order chi connectivity index (χ1) is 12.0. The molecule has 1 aliphatic rings. The van der Waals surface area contributed by atoms with Crippen molar-refractivity contribution in [2.45, 2.75) is 26.2 Å². The molecule has 0 saturated carbocycles. The summed E-state index contributed by atoms with van der Waals surface area (Å²) >= 11 is 5.79. The topological polar surface area (TPSA) is 75.7 Å². The molecular formula is C18H23ClN2O4. The van der Waals surface area contributed by atoms with E-state index in [2.05, 4.69) is 5.32 Å². The number of amides is 2. The van der Waals surface area contributed by atoms with Crippen LogP contribution in [0, 0.1) is 5.92 Å². The van der Waals surface area contributed by atoms with E-state index in [1.807, 2.05) is 0 Å². The molecule has 0 spiro atoms. The molecule has 1 unspecified atom stereocenters. The van der Waals surface area contributed by atoms with Gasteiger partial charge >= 0.3 is 5.97 Å². The van der Waals surface area contributed by atoms with E-state index in [0.717, 1.165) is 12.8 Å². The fraction of sp³-hybridized carbons (Fsp3) is 0.500. The van der Waals surface area contributed by atoms with Crippen LogP contribution in [0.3, 0.4) is 0 Å². The van der Waals surface area contributed by atoms with Gasteiger partial charge in [-0.3, -0.25) is 14.4 Å². The Kier molecular flexibility index (Phi) is 7.25. The molecule has 1 aromatic rings. The number of nitrogens with one attached hydrogen (secondary N) is 1. The average Bonchev–Trinajstić information content (AvgIpc) is 2.62. The summed E-state index contributed by atoms with van der Waals surface area (Å²) in [5.74, 6) is -0.796. The molecule has 0 bridgehead atoms. The molecule has 6 nitrogen and oxygen atoms in total. The van der Waals surface area contributed by atoms with E-state index in [1.54, 1.807) is 36.1 Å². The zero-order valence-electron chi connectivity index (χ0n) is 14.3. The molecule has 25 heavy (non-hydrogen) atoms. The molecule has 2 amide bonds. The monoisotopic (exact) mass is 366 g/mol. The van der Waals surface area contributed by atoms with Gasteiger partial charge in [-0.05, 0) is 44.0 Å². The van der Waals surface area contributed by atoms with Crippen LogP contribution in [0.25, 0.3) is 0 Å². The molecule has 1 aromatic carbocycles. The molecule has 1 saturated heterocycles. The Bertz CT molecular complexity index is 618. The van der Waals surface area contributed by atoms with Gasteiger partial charge in [0, 0.05) is 36.6 Å². The third-order valence-corrected chi connectivity index (χ3v) is 4.38. The minimum absolute atomic E-state index is 0.0644. The lowest BCUT2D eigenvalue weighted by Crippen LogP contribution is -2.43. The van der Waals surface area contributed by atoms with E-state index in [-0.39, 0.29) is 36.7 Å². The lowest BCUT2D eigenvalue weighted by molar-refractivity contribution is -0.151. The molecule has 136 valence electrons. The second-order valence-corrected chi connectivity index (χ2v) is 6.38. The van der Waals surface area contributed by atoms with Crippen molar-refractivity contribution >= 4 is 29.4 Å². The summed E-state index contributed by atoms with van der Waals surface area (Å²) in [6, 6.07) is 6.55. The Morgan fingerprint density at radius 3 is 2.68 bits per heavy atom. The van der Waals surface area contributed by atoms with Gasteiger partial charge in [-0.2, -0.15) is 0 Å². The van der Waals surface area contributed by atoms with Crippen LogP contribution in [0.2, 0.25) is 5.02 Å². The second-order valence-electron chi connectivity index (χ2n) is 5.94. The van der Waals surface area contributed by atoms with Gasteiger partial charge in [0.1, 0.15) is 0 Å². The summed E-state index contributed by atoms with van der Waals surface area (Å²) in [4.78, 5) is 37.8. The van der Waals surface area contributed by atoms with Gasteiger partial charge in [-0.15, -0.1) is 0 Å². The van der Waals surface area contributed by atoms with Gasteiger partial charge < -0.3 is 15.0 Å². The maximum atomic E-state index is 12.3. The van der Waals surface area contributed by atoms with Crippen molar-refractivity contribution in [3.63, 3.8) is 0 Å². The smallest absolute Gasteiger partial charge is 0.310 e. The van der Waals surface area contributed by atoms with Gasteiger partial charge in [0.25, 0.3) is 5.91 Å². The second kappa shape index (κ2) is 9.42. The van der Waals surface area contributed by atoms with E-state index in [0.29, 0.717) is 30.3 Å². The number of hydrogen-bond donors (Lipinski definition) is 1. The normalized spacial score (nSPS) is 17.0. The van der Waals surface area contributed by atoms with Crippen molar-refractivity contribution in [2.75, 3.05) is 26.2 Å². The number of rotatable bonds is 6. The van der Waals surface area contributed by atoms with Crippen molar-refractivity contribution in [2.24, 2.45) is 5.92 Å². The predicted octanol–water partition coefficient (Wildman–Crippen LogP) is 2.26. The Hall–Kier alpha value is -2.08. The third kappa shape index (κ3) is 5.74. The largest absolute Gasteiger partial charge is 0.466 e. The van der Waals surface area contributed by atoms with Crippen LogP contribution in [-0.2, 0) is 14.3 Å². The van der Waals surface area contributed by atoms with Crippen molar-refractivity contribution in [1.29, 1.82) is 0 Å². The number of nitrogens with zero attached hydrogens (tertiary/aromatic N) is 1. The Balaban J connectivity index is 1.76. The number of carbonyl (C=O) groups is 3. The highest BCUT2D eigenvalue weighted by Gasteiger charge is 2.29. The Labute approximate surface area is 152 Å². The van der Waals surface area contributed by atoms with Crippen LogP contribution < -0.4 is 5.32 Å². The molecular weight excluding hydrogens is 344 g/mol. The van der Waals surface area contributed by atoms with E-state index in [9.17, 15) is 14.4 Å². The minimum atomic E-state index is -0.249. The predicted molar refractivity (Wildman–Crippen MR) is 94.3 cm³/mol. The lowest BCUT2D eigenvalue weighted by Gasteiger charge is -2.31. The van der Waals surface area contributed by atoms with E-state index < -0.39 is 0 Å². The van der Waals surface area contributed by atoms with Crippen LogP contribution in [0.4, 0.5) is 0 Å². The number of carbonyl (C=O) groups excluding carboxylic acids is 3. The zero-order valence-corrected chi connectivity index (χ0v) is 15.1. The Morgan fingerprint density at radius 1 is 1.28 bits per heavy atom. The van der Waals surface area contributed by atoms with E-state index in [1.165, 1.54) is 0 Å². The summed E-state index contributed by atoms with van der Waals surface area (Å²) in [5, 5.41) is 3.28. The van der Waals surface area contributed by atoms with Crippen molar-refractivity contribution in [1.82, 2.24) is 10.2 Å². The first-order valence-electron chi connectivity index (χ1n) is 8.49. The molecule has 1 fully saturated rings. The number of benzene rings is 1. The van der Waals surface area contributed by atoms with Crippen LogP contribution in [0.15, 0.2) is 24.3 Å². The summed E-state index contributed by atoms with van der Waals surface area (Å²) < 4.78 is 5.04. The third-order valence-electron chi connectivity index (χ3n) is 4.12. The number of ether oxygens (including phenoxy) is 1. The van der Waals surface area contributed by atoms with E-state index in [4.69, 9.17) is 16.3 Å². The molecule has 2 rings (SSSR count). The number of halogens is 1. The quantitative estimate of drug-likeness (QED) is 0.783. The van der Waals surface area contributed by atoms with Crippen LogP contribution >= 0.6 is 11.6 Å². The molecule has 1 atom stereocenters. The average molecular weight is 367 g/mol. The van der Waals surface area contributed by atoms with Crippen LogP contribution in [-0.4, -0.2) is 48.9 Å². The highest BCUT2D eigenvalue weighted by atomic mass is 35.5. The number of likely N-dealkylation sites (tertiary alicyclic amines) is 1. The highest BCUT2D eigenvalue weighted by Crippen LogP contribution is 2.18. The number of piperidine rings is 1. The SMILES string of the molecule is CCOC(=O)C1CCCN(C(=O)CCNC(=O)c2ccc(Cl)cc2)C1. The molecule has 0 aromatic heterocycles. The summed E-state index contributed by atoms with van der Waals surface area (Å²) in [5.41, 5.74) is 0.497. The summed E-state index contributed by atoms with van der Waals surface area (Å²) in [6.07, 6.45) is 1.73. The molecule has 1 aliphatic heterocycles. The standard InChI is InChI=1S/C18H23ClN2O4/c1-2-25-18(24)14-4-3-11-21(12-14)16(22)9-10-20-17(23)13-5-7-15(19)8-6-13/h5-8,14H,2-4,9-12H2,1H3,(H,20,23). The maximum absolute atomic E-state index is 12.3. The van der Waals surface area contributed by atoms with Crippen molar-refractivity contribution in [3.8, 4) is 0 Å². The molecule has 7 heteroatoms. The van der Waals surface area contributed by atoms with Gasteiger partial charge in [0.05, 0.1) is 12.5 Å². The first kappa shape index (κ1) is 19.2. The lowest BCUT2D eigenvalue weighted by atomic mass is 9.98. The highest BCUT2D eigenvalue weighted by molar-refractivity contribution is 6.30. The fourth-order valence-electron chi connectivity index (χ4n) is 2.80. The zero-order chi connectivity index (χ0) is 18.2. The van der Waals surface area contributed by atoms with Crippen molar-refractivity contribution in [3.05, 3.63) is 34.9 Å². The molecule has 1 N–H and O–H groups in total. The fourth-order valence-corrected chi connectivity index (χ4v) is 2.93. The number of esters is 1. The van der Waals surface area contributed by atoms with Crippen molar-refractivity contribution < 1.29 is 19.1 Å². The van der Waals surface area contributed by atoms with Gasteiger partial charge in [0.2, 0.25) is 5.91 Å². The summed E-state index contributed by atoms with van der Waals surface area (Å²) in [7, 11) is 0. The molecule has 0 aliphatic carbocycles. The van der Waals surface area contributed by atoms with Gasteiger partial charge in [-0.1, -0.05) is 11.6 Å².